The third kappa shape index (κ3) is 3.07. The molecule has 0 spiro atoms. The Morgan fingerprint density at radius 3 is 2.93 bits per heavy atom. The van der Waals surface area contributed by atoms with Gasteiger partial charge in [-0.2, -0.15) is 0 Å². The van der Waals surface area contributed by atoms with Gasteiger partial charge in [0.15, 0.2) is 0 Å². The Morgan fingerprint density at radius 1 is 1.19 bits per heavy atom. The van der Waals surface area contributed by atoms with Crippen molar-refractivity contribution >= 4 is 32.5 Å². The van der Waals surface area contributed by atoms with Gasteiger partial charge >= 0.3 is 0 Å². The fourth-order valence-corrected chi connectivity index (χ4v) is 5.37. The average Bonchev–Trinajstić information content (AvgIpc) is 3.39. The first-order chi connectivity index (χ1) is 13.2. The Hall–Kier alpha value is -2.17. The Kier molecular flexibility index (Phi) is 4.25. The summed E-state index contributed by atoms with van der Waals surface area (Å²) in [6, 6.07) is 18.0. The van der Waals surface area contributed by atoms with E-state index in [1.807, 2.05) is 11.3 Å². The minimum absolute atomic E-state index is 0.446. The van der Waals surface area contributed by atoms with Crippen LogP contribution in [0.3, 0.4) is 0 Å². The quantitative estimate of drug-likeness (QED) is 0.458. The molecule has 3 nitrogen and oxygen atoms in total. The van der Waals surface area contributed by atoms with E-state index in [1.165, 1.54) is 44.7 Å². The molecule has 4 heteroatoms. The van der Waals surface area contributed by atoms with Crippen molar-refractivity contribution in [2.75, 3.05) is 6.54 Å². The summed E-state index contributed by atoms with van der Waals surface area (Å²) in [5.74, 6) is 0.521. The molecule has 0 amide bonds. The van der Waals surface area contributed by atoms with Crippen LogP contribution in [0.2, 0.25) is 0 Å². The topological polar surface area (TPSA) is 31.9 Å². The minimum atomic E-state index is 0.446. The number of benzene rings is 2. The highest BCUT2D eigenvalue weighted by molar-refractivity contribution is 7.18. The Bertz CT molecular complexity index is 1060. The summed E-state index contributed by atoms with van der Waals surface area (Å²) >= 11 is 1.86. The first kappa shape index (κ1) is 17.0. The van der Waals surface area contributed by atoms with Crippen LogP contribution in [0.5, 0.6) is 0 Å². The van der Waals surface area contributed by atoms with E-state index in [1.54, 1.807) is 0 Å². The summed E-state index contributed by atoms with van der Waals surface area (Å²) in [7, 11) is 0. The lowest BCUT2D eigenvalue weighted by molar-refractivity contribution is 0.249. The predicted molar refractivity (Wildman–Crippen MR) is 114 cm³/mol. The molecule has 4 aromatic rings. The molecule has 1 fully saturated rings. The summed E-state index contributed by atoms with van der Waals surface area (Å²) in [5, 5.41) is 2.65. The number of hydrogen-bond acceptors (Lipinski definition) is 3. The van der Waals surface area contributed by atoms with Gasteiger partial charge in [0.1, 0.15) is 5.01 Å². The summed E-state index contributed by atoms with van der Waals surface area (Å²) in [5.41, 5.74) is 5.14. The van der Waals surface area contributed by atoms with Gasteiger partial charge < -0.3 is 4.98 Å². The van der Waals surface area contributed by atoms with E-state index in [4.69, 9.17) is 4.98 Å². The maximum atomic E-state index is 4.95. The third-order valence-electron chi connectivity index (χ3n) is 5.73. The standard InChI is InChI=1S/C23H25N3S/c1-15(2)20-13-17-16(7-5-9-18(17)24-20)14-26-12-6-10-21(26)23-25-19-8-3-4-11-22(19)27-23/h3-5,7-9,11,13,15,21,24H,6,10,12,14H2,1-2H3. The maximum absolute atomic E-state index is 4.95. The molecule has 5 rings (SSSR count). The zero-order valence-corrected chi connectivity index (χ0v) is 16.7. The normalized spacial score (nSPS) is 18.3. The molecule has 0 radical (unpaired) electrons. The van der Waals surface area contributed by atoms with Gasteiger partial charge in [-0.3, -0.25) is 4.90 Å². The Balaban J connectivity index is 1.46. The third-order valence-corrected chi connectivity index (χ3v) is 6.87. The lowest BCUT2D eigenvalue weighted by Gasteiger charge is -2.23. The summed E-state index contributed by atoms with van der Waals surface area (Å²) in [6.45, 7) is 6.63. The van der Waals surface area contributed by atoms with Gasteiger partial charge in [-0.15, -0.1) is 11.3 Å². The number of fused-ring (bicyclic) bond motifs is 2. The molecule has 27 heavy (non-hydrogen) atoms. The van der Waals surface area contributed by atoms with E-state index in [2.05, 4.69) is 72.3 Å². The van der Waals surface area contributed by atoms with Gasteiger partial charge in [-0.25, -0.2) is 4.98 Å². The molecule has 1 unspecified atom stereocenters. The monoisotopic (exact) mass is 375 g/mol. The fraction of sp³-hybridized carbons (Fsp3) is 0.348. The minimum Gasteiger partial charge on any atom is -0.358 e. The molecule has 2 aromatic heterocycles. The highest BCUT2D eigenvalue weighted by atomic mass is 32.1. The number of thiazole rings is 1. The summed E-state index contributed by atoms with van der Waals surface area (Å²) < 4.78 is 1.30. The molecule has 1 aliphatic heterocycles. The first-order valence-electron chi connectivity index (χ1n) is 9.89. The number of likely N-dealkylation sites (tertiary alicyclic amines) is 1. The fourth-order valence-electron chi connectivity index (χ4n) is 4.23. The lowest BCUT2D eigenvalue weighted by Crippen LogP contribution is -2.22. The van der Waals surface area contributed by atoms with E-state index in [0.29, 0.717) is 12.0 Å². The molecule has 1 aliphatic rings. The number of para-hydroxylation sites is 1. The number of H-pyrrole nitrogens is 1. The van der Waals surface area contributed by atoms with E-state index in [9.17, 15) is 0 Å². The van der Waals surface area contributed by atoms with Gasteiger partial charge in [-0.05, 0) is 55.1 Å². The molecule has 2 aromatic carbocycles. The zero-order valence-electron chi connectivity index (χ0n) is 15.9. The number of rotatable bonds is 4. The second-order valence-corrected chi connectivity index (χ2v) is 8.97. The molecule has 0 bridgehead atoms. The van der Waals surface area contributed by atoms with Crippen molar-refractivity contribution in [1.29, 1.82) is 0 Å². The lowest BCUT2D eigenvalue weighted by atomic mass is 10.1. The second-order valence-electron chi connectivity index (χ2n) is 7.91. The average molecular weight is 376 g/mol. The highest BCUT2D eigenvalue weighted by Gasteiger charge is 2.29. The van der Waals surface area contributed by atoms with Crippen LogP contribution < -0.4 is 0 Å². The molecule has 1 saturated heterocycles. The van der Waals surface area contributed by atoms with Crippen LogP contribution in [0.1, 0.15) is 54.9 Å². The van der Waals surface area contributed by atoms with Crippen LogP contribution in [0.4, 0.5) is 0 Å². The molecule has 1 atom stereocenters. The van der Waals surface area contributed by atoms with Crippen molar-refractivity contribution < 1.29 is 0 Å². The number of aromatic nitrogens is 2. The van der Waals surface area contributed by atoms with Crippen LogP contribution in [0.25, 0.3) is 21.1 Å². The van der Waals surface area contributed by atoms with E-state index in [0.717, 1.165) is 18.6 Å². The predicted octanol–water partition coefficient (Wildman–Crippen LogP) is 6.24. The molecule has 138 valence electrons. The Labute approximate surface area is 164 Å². The number of aromatic amines is 1. The van der Waals surface area contributed by atoms with E-state index < -0.39 is 0 Å². The van der Waals surface area contributed by atoms with Gasteiger partial charge in [-0.1, -0.05) is 38.1 Å². The largest absolute Gasteiger partial charge is 0.358 e. The van der Waals surface area contributed by atoms with Gasteiger partial charge in [0, 0.05) is 23.1 Å². The van der Waals surface area contributed by atoms with E-state index in [-0.39, 0.29) is 0 Å². The van der Waals surface area contributed by atoms with Crippen molar-refractivity contribution in [3.63, 3.8) is 0 Å². The van der Waals surface area contributed by atoms with Crippen molar-refractivity contribution in [2.24, 2.45) is 0 Å². The van der Waals surface area contributed by atoms with Crippen LogP contribution >= 0.6 is 11.3 Å². The molecule has 0 saturated carbocycles. The molecular weight excluding hydrogens is 350 g/mol. The SMILES string of the molecule is CC(C)c1cc2c(CN3CCCC3c3nc4ccccc4s3)cccc2[nH]1. The number of hydrogen-bond donors (Lipinski definition) is 1. The number of nitrogens with zero attached hydrogens (tertiary/aromatic N) is 2. The van der Waals surface area contributed by atoms with Gasteiger partial charge in [0.2, 0.25) is 0 Å². The Morgan fingerprint density at radius 2 is 2.07 bits per heavy atom. The smallest absolute Gasteiger partial charge is 0.111 e. The second kappa shape index (κ2) is 6.77. The molecular formula is C23H25N3S. The van der Waals surface area contributed by atoms with Crippen LogP contribution in [-0.4, -0.2) is 21.4 Å². The highest BCUT2D eigenvalue weighted by Crippen LogP contribution is 2.38. The van der Waals surface area contributed by atoms with Gasteiger partial charge in [0.25, 0.3) is 0 Å². The van der Waals surface area contributed by atoms with Gasteiger partial charge in [0.05, 0.1) is 16.3 Å². The summed E-state index contributed by atoms with van der Waals surface area (Å²) in [6.07, 6.45) is 2.46. The van der Waals surface area contributed by atoms with Crippen molar-refractivity contribution in [3.05, 3.63) is 64.8 Å². The van der Waals surface area contributed by atoms with Crippen LogP contribution in [0.15, 0.2) is 48.5 Å². The molecule has 3 heterocycles. The van der Waals surface area contributed by atoms with E-state index >= 15 is 0 Å². The van der Waals surface area contributed by atoms with Crippen molar-refractivity contribution in [3.8, 4) is 0 Å². The van der Waals surface area contributed by atoms with Crippen molar-refractivity contribution in [1.82, 2.24) is 14.9 Å². The first-order valence-corrected chi connectivity index (χ1v) is 10.7. The molecule has 1 N–H and O–H groups in total. The van der Waals surface area contributed by atoms with Crippen LogP contribution in [0, 0.1) is 0 Å². The zero-order chi connectivity index (χ0) is 18.4. The van der Waals surface area contributed by atoms with Crippen molar-refractivity contribution in [2.45, 2.75) is 45.2 Å². The van der Waals surface area contributed by atoms with Crippen LogP contribution in [-0.2, 0) is 6.54 Å². The summed E-state index contributed by atoms with van der Waals surface area (Å²) in [4.78, 5) is 11.2. The maximum Gasteiger partial charge on any atom is 0.111 e. The molecule has 0 aliphatic carbocycles. The number of nitrogens with one attached hydrogen (secondary N) is 1.